The average Bonchev–Trinajstić information content (AvgIpc) is 2.90. The molecule has 0 radical (unpaired) electrons. The Bertz CT molecular complexity index is 404. The minimum Gasteiger partial charge on any atom is -0.299 e. The van der Waals surface area contributed by atoms with Crippen LogP contribution in [0.5, 0.6) is 0 Å². The maximum atomic E-state index is 11.9. The quantitative estimate of drug-likeness (QED) is 0.420. The van der Waals surface area contributed by atoms with Crippen LogP contribution in [0.15, 0.2) is 36.7 Å². The molecule has 0 N–H and O–H groups in total. The second kappa shape index (κ2) is 7.64. The highest BCUT2D eigenvalue weighted by Crippen LogP contribution is 2.10. The molecule has 3 heteroatoms. The summed E-state index contributed by atoms with van der Waals surface area (Å²) in [6.07, 6.45) is 10.8. The molecular formula is C15H21NO2. The molecule has 1 unspecified atom stereocenters. The smallest absolute Gasteiger partial charge is 0.240 e. The highest BCUT2D eigenvalue weighted by atomic mass is 16.2. The van der Waals surface area contributed by atoms with Crippen molar-refractivity contribution in [2.24, 2.45) is 5.92 Å². The standard InChI is InChI=1S/C15H21NO2/c1-3-4-5-6-7-10-14(17)13(2)15(18)16-11-8-9-12-16/h3-4,8-9,11-13H,5-7,10H2,1-2H3. The zero-order valence-electron chi connectivity index (χ0n) is 11.1. The van der Waals surface area contributed by atoms with Gasteiger partial charge in [-0.15, -0.1) is 0 Å². The Kier molecular flexibility index (Phi) is 6.12. The number of Topliss-reactive ketones (excluding diaryl/α,β-unsaturated/α-hetero) is 1. The van der Waals surface area contributed by atoms with Crippen molar-refractivity contribution in [1.82, 2.24) is 4.57 Å². The van der Waals surface area contributed by atoms with E-state index in [1.54, 1.807) is 31.5 Å². The molecule has 0 aromatic carbocycles. The summed E-state index contributed by atoms with van der Waals surface area (Å²) in [7, 11) is 0. The van der Waals surface area contributed by atoms with E-state index in [-0.39, 0.29) is 11.7 Å². The lowest BCUT2D eigenvalue weighted by atomic mass is 10.00. The van der Waals surface area contributed by atoms with Gasteiger partial charge in [0.25, 0.3) is 0 Å². The predicted molar refractivity (Wildman–Crippen MR) is 72.5 cm³/mol. The third kappa shape index (κ3) is 4.32. The fraction of sp³-hybridized carbons (Fsp3) is 0.467. The largest absolute Gasteiger partial charge is 0.299 e. The van der Waals surface area contributed by atoms with Gasteiger partial charge in [-0.1, -0.05) is 12.2 Å². The van der Waals surface area contributed by atoms with E-state index in [9.17, 15) is 9.59 Å². The first-order valence-corrected chi connectivity index (χ1v) is 6.48. The van der Waals surface area contributed by atoms with Gasteiger partial charge in [0.2, 0.25) is 5.91 Å². The molecule has 1 aromatic heterocycles. The Morgan fingerprint density at radius 1 is 1.22 bits per heavy atom. The van der Waals surface area contributed by atoms with Crippen LogP contribution in [0.4, 0.5) is 0 Å². The van der Waals surface area contributed by atoms with Gasteiger partial charge in [-0.3, -0.25) is 14.2 Å². The van der Waals surface area contributed by atoms with Crippen LogP contribution in [0.1, 0.15) is 44.3 Å². The van der Waals surface area contributed by atoms with Crippen LogP contribution in [-0.4, -0.2) is 16.3 Å². The fourth-order valence-electron chi connectivity index (χ4n) is 1.79. The molecule has 1 atom stereocenters. The second-order valence-corrected chi connectivity index (χ2v) is 4.43. The van der Waals surface area contributed by atoms with E-state index in [1.165, 1.54) is 4.57 Å². The molecule has 0 spiro atoms. The van der Waals surface area contributed by atoms with Gasteiger partial charge in [0.15, 0.2) is 0 Å². The van der Waals surface area contributed by atoms with Crippen molar-refractivity contribution in [2.75, 3.05) is 0 Å². The van der Waals surface area contributed by atoms with Crippen LogP contribution in [0.3, 0.4) is 0 Å². The molecule has 0 amide bonds. The van der Waals surface area contributed by atoms with Gasteiger partial charge >= 0.3 is 0 Å². The van der Waals surface area contributed by atoms with Crippen molar-refractivity contribution in [1.29, 1.82) is 0 Å². The summed E-state index contributed by atoms with van der Waals surface area (Å²) in [5.74, 6) is -0.647. The molecule has 98 valence electrons. The van der Waals surface area contributed by atoms with Crippen molar-refractivity contribution in [2.45, 2.75) is 39.5 Å². The van der Waals surface area contributed by atoms with Crippen molar-refractivity contribution >= 4 is 11.7 Å². The number of allylic oxidation sites excluding steroid dienone is 2. The van der Waals surface area contributed by atoms with Gasteiger partial charge in [-0.25, -0.2) is 0 Å². The van der Waals surface area contributed by atoms with Crippen LogP contribution in [0.25, 0.3) is 0 Å². The Morgan fingerprint density at radius 3 is 2.50 bits per heavy atom. The van der Waals surface area contributed by atoms with E-state index in [0.717, 1.165) is 19.3 Å². The van der Waals surface area contributed by atoms with Crippen LogP contribution >= 0.6 is 0 Å². The minimum atomic E-state index is -0.542. The number of carbonyl (C=O) groups is 2. The summed E-state index contributed by atoms with van der Waals surface area (Å²) in [6.45, 7) is 3.68. The van der Waals surface area contributed by atoms with E-state index >= 15 is 0 Å². The third-order valence-corrected chi connectivity index (χ3v) is 2.99. The summed E-state index contributed by atoms with van der Waals surface area (Å²) in [6, 6.07) is 3.57. The molecule has 0 aliphatic heterocycles. The fourth-order valence-corrected chi connectivity index (χ4v) is 1.79. The Morgan fingerprint density at radius 2 is 1.89 bits per heavy atom. The topological polar surface area (TPSA) is 39.1 Å². The van der Waals surface area contributed by atoms with Gasteiger partial charge in [0.1, 0.15) is 5.78 Å². The lowest BCUT2D eigenvalue weighted by molar-refractivity contribution is -0.121. The van der Waals surface area contributed by atoms with Crippen LogP contribution < -0.4 is 0 Å². The van der Waals surface area contributed by atoms with Crippen LogP contribution in [-0.2, 0) is 4.79 Å². The minimum absolute atomic E-state index is 0.0363. The normalized spacial score (nSPS) is 12.8. The summed E-state index contributed by atoms with van der Waals surface area (Å²) in [5.41, 5.74) is 0. The third-order valence-electron chi connectivity index (χ3n) is 2.99. The van der Waals surface area contributed by atoms with Gasteiger partial charge < -0.3 is 0 Å². The lowest BCUT2D eigenvalue weighted by Gasteiger charge is -2.09. The maximum absolute atomic E-state index is 11.9. The molecular weight excluding hydrogens is 226 g/mol. The van der Waals surface area contributed by atoms with E-state index < -0.39 is 5.92 Å². The molecule has 0 saturated heterocycles. The summed E-state index contributed by atoms with van der Waals surface area (Å²) < 4.78 is 1.47. The highest BCUT2D eigenvalue weighted by molar-refractivity contribution is 6.01. The number of hydrogen-bond acceptors (Lipinski definition) is 2. The average molecular weight is 247 g/mol. The first kappa shape index (κ1) is 14.4. The molecule has 0 fully saturated rings. The van der Waals surface area contributed by atoms with Crippen LogP contribution in [0.2, 0.25) is 0 Å². The zero-order chi connectivity index (χ0) is 13.4. The van der Waals surface area contributed by atoms with Gasteiger partial charge in [-0.2, -0.15) is 0 Å². The van der Waals surface area contributed by atoms with E-state index in [0.29, 0.717) is 6.42 Å². The van der Waals surface area contributed by atoms with Crippen molar-refractivity contribution < 1.29 is 9.59 Å². The number of aromatic nitrogens is 1. The highest BCUT2D eigenvalue weighted by Gasteiger charge is 2.21. The predicted octanol–water partition coefficient (Wildman–Crippen LogP) is 3.47. The summed E-state index contributed by atoms with van der Waals surface area (Å²) in [4.78, 5) is 23.8. The first-order chi connectivity index (χ1) is 8.66. The molecule has 3 nitrogen and oxygen atoms in total. The van der Waals surface area contributed by atoms with Crippen LogP contribution in [0, 0.1) is 5.92 Å². The molecule has 0 saturated carbocycles. The molecule has 0 aliphatic rings. The Labute approximate surface area is 108 Å². The molecule has 0 aliphatic carbocycles. The van der Waals surface area contributed by atoms with Crippen molar-refractivity contribution in [3.8, 4) is 0 Å². The second-order valence-electron chi connectivity index (χ2n) is 4.43. The van der Waals surface area contributed by atoms with Crippen molar-refractivity contribution in [3.63, 3.8) is 0 Å². The van der Waals surface area contributed by atoms with E-state index in [2.05, 4.69) is 6.08 Å². The summed E-state index contributed by atoms with van der Waals surface area (Å²) in [5, 5.41) is 0. The number of rotatable bonds is 7. The SMILES string of the molecule is CC=CCCCCC(=O)C(C)C(=O)n1cccc1. The number of unbranched alkanes of at least 4 members (excludes halogenated alkanes) is 2. The molecule has 18 heavy (non-hydrogen) atoms. The first-order valence-electron chi connectivity index (χ1n) is 6.48. The Balaban J connectivity index is 2.35. The van der Waals surface area contributed by atoms with E-state index in [1.807, 2.05) is 13.0 Å². The number of hydrogen-bond donors (Lipinski definition) is 0. The molecule has 1 rings (SSSR count). The molecule has 1 heterocycles. The summed E-state index contributed by atoms with van der Waals surface area (Å²) >= 11 is 0. The number of ketones is 1. The number of nitrogens with zero attached hydrogens (tertiary/aromatic N) is 1. The van der Waals surface area contributed by atoms with E-state index in [4.69, 9.17) is 0 Å². The monoisotopic (exact) mass is 247 g/mol. The lowest BCUT2D eigenvalue weighted by Crippen LogP contribution is -2.25. The maximum Gasteiger partial charge on any atom is 0.240 e. The Hall–Kier alpha value is -1.64. The molecule has 1 aromatic rings. The zero-order valence-corrected chi connectivity index (χ0v) is 11.1. The van der Waals surface area contributed by atoms with Gasteiger partial charge in [-0.05, 0) is 45.2 Å². The van der Waals surface area contributed by atoms with Crippen molar-refractivity contribution in [3.05, 3.63) is 36.7 Å². The number of carbonyl (C=O) groups excluding carboxylic acids is 2. The molecule has 0 bridgehead atoms. The van der Waals surface area contributed by atoms with Gasteiger partial charge in [0, 0.05) is 18.8 Å². The van der Waals surface area contributed by atoms with Gasteiger partial charge in [0.05, 0.1) is 5.92 Å².